The monoisotopic (exact) mass is 354 g/mol. The van der Waals surface area contributed by atoms with Gasteiger partial charge in [-0.05, 0) is 44.8 Å². The van der Waals surface area contributed by atoms with E-state index in [1.54, 1.807) is 4.57 Å². The van der Waals surface area contributed by atoms with Gasteiger partial charge >= 0.3 is 5.69 Å². The second kappa shape index (κ2) is 9.34. The zero-order valence-electron chi connectivity index (χ0n) is 16.5. The molecule has 0 aliphatic heterocycles. The minimum Gasteiger partial charge on any atom is -0.343 e. The summed E-state index contributed by atoms with van der Waals surface area (Å²) < 4.78 is 1.58. The lowest BCUT2D eigenvalue weighted by molar-refractivity contribution is 0.402. The molecule has 0 bridgehead atoms. The zero-order chi connectivity index (χ0) is 19.1. The van der Waals surface area contributed by atoms with Crippen LogP contribution in [-0.4, -0.2) is 33.5 Å². The van der Waals surface area contributed by atoms with Gasteiger partial charge < -0.3 is 9.88 Å². The third-order valence-electron chi connectivity index (χ3n) is 4.06. The van der Waals surface area contributed by atoms with Crippen LogP contribution in [0.1, 0.15) is 44.4 Å². The molecule has 0 radical (unpaired) electrons. The highest BCUT2D eigenvalue weighted by molar-refractivity contribution is 5.75. The number of fused-ring (bicyclic) bond motifs is 1. The summed E-state index contributed by atoms with van der Waals surface area (Å²) in [5.41, 5.74) is 3.40. The lowest BCUT2D eigenvalue weighted by Gasteiger charge is -2.10. The molecule has 0 saturated carbocycles. The highest BCUT2D eigenvalue weighted by atomic mass is 16.1. The van der Waals surface area contributed by atoms with Crippen molar-refractivity contribution >= 4 is 11.0 Å². The predicted molar refractivity (Wildman–Crippen MR) is 109 cm³/mol. The van der Waals surface area contributed by atoms with Gasteiger partial charge in [0.1, 0.15) is 5.65 Å². The largest absolute Gasteiger partial charge is 0.354 e. The fourth-order valence-corrected chi connectivity index (χ4v) is 2.80. The molecule has 0 spiro atoms. The summed E-state index contributed by atoms with van der Waals surface area (Å²) in [5.74, 6) is 0. The van der Waals surface area contributed by atoms with Gasteiger partial charge in [0, 0.05) is 23.8 Å². The van der Waals surface area contributed by atoms with E-state index in [4.69, 9.17) is 0 Å². The van der Waals surface area contributed by atoms with E-state index in [1.807, 2.05) is 57.5 Å². The molecule has 1 N–H and O–H groups in total. The zero-order valence-corrected chi connectivity index (χ0v) is 16.5. The minimum atomic E-state index is -0.273. The van der Waals surface area contributed by atoms with Gasteiger partial charge in [-0.15, -0.1) is 0 Å². The van der Waals surface area contributed by atoms with Gasteiger partial charge in [-0.3, -0.25) is 4.57 Å². The van der Waals surface area contributed by atoms with Crippen molar-refractivity contribution in [2.45, 2.75) is 46.6 Å². The molecule has 0 amide bonds. The van der Waals surface area contributed by atoms with Crippen LogP contribution >= 0.6 is 0 Å². The first-order valence-electron chi connectivity index (χ1n) is 9.27. The summed E-state index contributed by atoms with van der Waals surface area (Å²) in [6.07, 6.45) is 5.90. The highest BCUT2D eigenvalue weighted by Crippen LogP contribution is 2.14. The molecular weight excluding hydrogens is 324 g/mol. The average molecular weight is 354 g/mol. The fraction of sp³-hybridized carbons (Fsp3) is 0.429. The van der Waals surface area contributed by atoms with E-state index in [-0.39, 0.29) is 5.69 Å². The van der Waals surface area contributed by atoms with Crippen LogP contribution in [0.3, 0.4) is 0 Å². The molecular formula is C21H30N4O. The van der Waals surface area contributed by atoms with E-state index in [0.29, 0.717) is 5.65 Å². The van der Waals surface area contributed by atoms with Crippen LogP contribution in [0.25, 0.3) is 16.7 Å². The summed E-state index contributed by atoms with van der Waals surface area (Å²) in [5, 5.41) is 0.935. The third kappa shape index (κ3) is 5.30. The molecule has 0 unspecified atom stereocenters. The number of unbranched alkanes of at least 4 members (excludes halogenated alkanes) is 2. The van der Waals surface area contributed by atoms with E-state index in [2.05, 4.69) is 28.7 Å². The molecule has 0 aliphatic rings. The van der Waals surface area contributed by atoms with E-state index in [1.165, 1.54) is 24.8 Å². The molecule has 2 heterocycles. The van der Waals surface area contributed by atoms with Crippen molar-refractivity contribution in [3.8, 4) is 5.69 Å². The molecule has 0 atom stereocenters. The number of aromatic nitrogens is 3. The number of rotatable bonds is 5. The first kappa shape index (κ1) is 19.9. The van der Waals surface area contributed by atoms with Gasteiger partial charge in [0.05, 0.1) is 5.69 Å². The Morgan fingerprint density at radius 2 is 1.77 bits per heavy atom. The standard InChI is InChI=1S/C16H18N4O.C5H12/c1-11-8-13-10-20(16(21)18-15(13)17-11)14-6-4-12(5-7-14)9-19(2)3;1-3-5-4-2/h4-8,10H,9H2,1-3H3,(H,17,18,21);3-5H2,1-2H3. The quantitative estimate of drug-likeness (QED) is 0.744. The molecule has 5 heteroatoms. The van der Waals surface area contributed by atoms with Crippen molar-refractivity contribution in [3.63, 3.8) is 0 Å². The average Bonchev–Trinajstić information content (AvgIpc) is 2.94. The second-order valence-corrected chi connectivity index (χ2v) is 6.91. The van der Waals surface area contributed by atoms with E-state index < -0.39 is 0 Å². The predicted octanol–water partition coefficient (Wildman–Crippen LogP) is 4.28. The van der Waals surface area contributed by atoms with Gasteiger partial charge in [0.15, 0.2) is 0 Å². The molecule has 0 aliphatic carbocycles. The SMILES string of the molecule is CCCCC.Cc1cc2cn(-c3ccc(CN(C)C)cc3)c(=O)nc2[nH]1. The Morgan fingerprint density at radius 3 is 2.31 bits per heavy atom. The van der Waals surface area contributed by atoms with Crippen LogP contribution in [0.2, 0.25) is 0 Å². The summed E-state index contributed by atoms with van der Waals surface area (Å²) in [4.78, 5) is 21.4. The van der Waals surface area contributed by atoms with Crippen molar-refractivity contribution in [1.29, 1.82) is 0 Å². The molecule has 140 valence electrons. The summed E-state index contributed by atoms with van der Waals surface area (Å²) in [7, 11) is 4.06. The lowest BCUT2D eigenvalue weighted by Crippen LogP contribution is -2.20. The first-order valence-corrected chi connectivity index (χ1v) is 9.27. The highest BCUT2D eigenvalue weighted by Gasteiger charge is 2.06. The normalized spacial score (nSPS) is 10.8. The second-order valence-electron chi connectivity index (χ2n) is 6.91. The van der Waals surface area contributed by atoms with E-state index in [0.717, 1.165) is 23.3 Å². The van der Waals surface area contributed by atoms with Crippen LogP contribution in [0.4, 0.5) is 0 Å². The Kier molecular flexibility index (Phi) is 7.16. The van der Waals surface area contributed by atoms with Gasteiger partial charge in [-0.25, -0.2) is 4.79 Å². The summed E-state index contributed by atoms with van der Waals surface area (Å²) in [6, 6.07) is 9.96. The maximum absolute atomic E-state index is 12.1. The Morgan fingerprint density at radius 1 is 1.12 bits per heavy atom. The van der Waals surface area contributed by atoms with Gasteiger partial charge in [-0.1, -0.05) is 45.2 Å². The Bertz CT molecular complexity index is 873. The van der Waals surface area contributed by atoms with Crippen molar-refractivity contribution in [2.75, 3.05) is 14.1 Å². The molecule has 0 saturated heterocycles. The molecule has 3 rings (SSSR count). The number of aromatic amines is 1. The summed E-state index contributed by atoms with van der Waals surface area (Å²) >= 11 is 0. The van der Waals surface area contributed by atoms with Crippen LogP contribution in [0.5, 0.6) is 0 Å². The van der Waals surface area contributed by atoms with Crippen LogP contribution in [0, 0.1) is 6.92 Å². The third-order valence-corrected chi connectivity index (χ3v) is 4.06. The van der Waals surface area contributed by atoms with E-state index >= 15 is 0 Å². The van der Waals surface area contributed by atoms with E-state index in [9.17, 15) is 4.79 Å². The first-order chi connectivity index (χ1) is 12.4. The molecule has 26 heavy (non-hydrogen) atoms. The number of hydrogen-bond donors (Lipinski definition) is 1. The number of aryl methyl sites for hydroxylation is 1. The lowest BCUT2D eigenvalue weighted by atomic mass is 10.2. The molecule has 0 fully saturated rings. The fourth-order valence-electron chi connectivity index (χ4n) is 2.80. The van der Waals surface area contributed by atoms with Gasteiger partial charge in [-0.2, -0.15) is 4.98 Å². The van der Waals surface area contributed by atoms with Crippen molar-refractivity contribution in [2.24, 2.45) is 0 Å². The molecule has 3 aromatic rings. The van der Waals surface area contributed by atoms with Crippen molar-refractivity contribution in [1.82, 2.24) is 19.4 Å². The molecule has 5 nitrogen and oxygen atoms in total. The number of benzene rings is 1. The Hall–Kier alpha value is -2.40. The van der Waals surface area contributed by atoms with Crippen LogP contribution in [0.15, 0.2) is 41.3 Å². The maximum atomic E-state index is 12.1. The Balaban J connectivity index is 0.000000431. The molecule has 2 aromatic heterocycles. The topological polar surface area (TPSA) is 53.9 Å². The maximum Gasteiger partial charge on any atom is 0.354 e. The smallest absolute Gasteiger partial charge is 0.343 e. The number of hydrogen-bond acceptors (Lipinski definition) is 3. The van der Waals surface area contributed by atoms with Crippen LogP contribution < -0.4 is 5.69 Å². The van der Waals surface area contributed by atoms with Gasteiger partial charge in [0.2, 0.25) is 0 Å². The van der Waals surface area contributed by atoms with Crippen LogP contribution in [-0.2, 0) is 6.54 Å². The van der Waals surface area contributed by atoms with Crippen molar-refractivity contribution in [3.05, 3.63) is 58.3 Å². The number of nitrogens with zero attached hydrogens (tertiary/aromatic N) is 3. The minimum absolute atomic E-state index is 0.273. The summed E-state index contributed by atoms with van der Waals surface area (Å²) in [6.45, 7) is 7.25. The molecule has 1 aromatic carbocycles. The Labute approximate surface area is 155 Å². The number of nitrogens with one attached hydrogen (secondary N) is 1. The number of H-pyrrole nitrogens is 1. The van der Waals surface area contributed by atoms with Gasteiger partial charge in [0.25, 0.3) is 0 Å². The van der Waals surface area contributed by atoms with Crippen molar-refractivity contribution < 1.29 is 0 Å².